The fraction of sp³-hybridized carbons (Fsp3) is 0.943. The molecular weight excluding hydrogens is 861 g/mol. The van der Waals surface area contributed by atoms with Crippen molar-refractivity contribution in [3.63, 3.8) is 0 Å². The molecule has 0 aromatic carbocycles. The number of carbonyl (C=O) groups is 1. The Morgan fingerprint density at radius 2 is 0.955 bits per heavy atom. The Hall–Kier alpha value is -1.16. The molecule has 6 unspecified atom stereocenters. The first kappa shape index (κ1) is 62.9. The highest BCUT2D eigenvalue weighted by molar-refractivity contribution is 7.80. The zero-order valence-corrected chi connectivity index (χ0v) is 43.1. The van der Waals surface area contributed by atoms with E-state index in [4.69, 9.17) is 18.9 Å². The van der Waals surface area contributed by atoms with E-state index in [1.807, 2.05) is 0 Å². The number of ether oxygens (including phenoxy) is 4. The topological polar surface area (TPSA) is 178 Å². The normalized spacial score (nSPS) is 19.5. The Morgan fingerprint density at radius 3 is 1.38 bits per heavy atom. The summed E-state index contributed by atoms with van der Waals surface area (Å²) in [7, 11) is -5.06. The van der Waals surface area contributed by atoms with Gasteiger partial charge in [0.15, 0.2) is 6.29 Å². The molecule has 1 aliphatic rings. The number of rotatable bonds is 49. The maximum Gasteiger partial charge on any atom is 0.397 e. The lowest BCUT2D eigenvalue weighted by Crippen LogP contribution is -2.60. The molecular formula is C53H102O12S. The SMILES string of the molecule is CCCCCC/C=C\CCCCCCCCOCC(COC1OC(CO)C(O)C(OS(=O)(=O)O)C1O)OC(=O)CCCCCCCCCCCCCCCCCCCCCCCCCCC. The van der Waals surface area contributed by atoms with Gasteiger partial charge in [-0.15, -0.1) is 0 Å². The first-order chi connectivity index (χ1) is 32.1. The molecule has 1 saturated heterocycles. The Balaban J connectivity index is 2.27. The standard InChI is InChI=1S/C53H102O12S/c1-3-5-7-9-11-13-15-17-19-20-21-22-23-24-25-26-27-28-29-30-32-34-36-38-40-42-49(55)63-47(45-61-43-41-39-37-35-33-31-18-16-14-12-10-8-6-4-2)46-62-53-51(57)52(65-66(58,59)60)50(56)48(44-54)64-53/h14,16,47-48,50-54,56-57H,3-13,15,17-46H2,1-2H3,(H,58,59,60)/b16-14-. The lowest BCUT2D eigenvalue weighted by Gasteiger charge is -2.41. The molecule has 13 heteroatoms. The molecule has 1 heterocycles. The number of esters is 1. The molecule has 12 nitrogen and oxygen atoms in total. The van der Waals surface area contributed by atoms with E-state index in [1.165, 1.54) is 186 Å². The molecule has 392 valence electrons. The molecule has 4 N–H and O–H groups in total. The minimum Gasteiger partial charge on any atom is -0.457 e. The van der Waals surface area contributed by atoms with E-state index in [-0.39, 0.29) is 19.6 Å². The van der Waals surface area contributed by atoms with Gasteiger partial charge in [-0.3, -0.25) is 9.35 Å². The number of allylic oxidation sites excluding steroid dienone is 2. The van der Waals surface area contributed by atoms with Crippen molar-refractivity contribution < 1.29 is 56.2 Å². The number of aliphatic hydroxyl groups is 3. The summed E-state index contributed by atoms with van der Waals surface area (Å²) in [6.45, 7) is 4.02. The third kappa shape index (κ3) is 37.7. The van der Waals surface area contributed by atoms with E-state index in [9.17, 15) is 33.1 Å². The largest absolute Gasteiger partial charge is 0.457 e. The minimum atomic E-state index is -5.06. The van der Waals surface area contributed by atoms with E-state index in [2.05, 4.69) is 30.2 Å². The lowest BCUT2D eigenvalue weighted by molar-refractivity contribution is -0.301. The molecule has 6 atom stereocenters. The summed E-state index contributed by atoms with van der Waals surface area (Å²) in [6.07, 6.45) is 42.6. The number of hydrogen-bond donors (Lipinski definition) is 4. The zero-order valence-electron chi connectivity index (χ0n) is 42.3. The van der Waals surface area contributed by atoms with Gasteiger partial charge in [-0.1, -0.05) is 225 Å². The summed E-state index contributed by atoms with van der Waals surface area (Å²) in [5, 5.41) is 30.8. The van der Waals surface area contributed by atoms with E-state index in [0.29, 0.717) is 13.0 Å². The second-order valence-electron chi connectivity index (χ2n) is 19.2. The highest BCUT2D eigenvalue weighted by atomic mass is 32.3. The summed E-state index contributed by atoms with van der Waals surface area (Å²) < 4.78 is 59.3. The van der Waals surface area contributed by atoms with Crippen molar-refractivity contribution in [2.45, 2.75) is 295 Å². The average molecular weight is 963 g/mol. The number of carbonyl (C=O) groups excluding carboxylic acids is 1. The van der Waals surface area contributed by atoms with E-state index < -0.39 is 59.8 Å². The maximum atomic E-state index is 12.9. The monoisotopic (exact) mass is 963 g/mol. The van der Waals surface area contributed by atoms with Crippen LogP contribution >= 0.6 is 0 Å². The van der Waals surface area contributed by atoms with Crippen molar-refractivity contribution in [3.8, 4) is 0 Å². The molecule has 1 fully saturated rings. The molecule has 0 amide bonds. The molecule has 0 aromatic heterocycles. The van der Waals surface area contributed by atoms with Crippen LogP contribution < -0.4 is 0 Å². The highest BCUT2D eigenvalue weighted by Crippen LogP contribution is 2.26. The third-order valence-electron chi connectivity index (χ3n) is 12.9. The fourth-order valence-corrected chi connectivity index (χ4v) is 9.24. The van der Waals surface area contributed by atoms with Gasteiger partial charge in [-0.25, -0.2) is 4.18 Å². The van der Waals surface area contributed by atoms with Crippen LogP contribution in [0.15, 0.2) is 12.2 Å². The van der Waals surface area contributed by atoms with Gasteiger partial charge >= 0.3 is 16.4 Å². The molecule has 1 rings (SSSR count). The molecule has 0 aliphatic carbocycles. The van der Waals surface area contributed by atoms with Gasteiger partial charge < -0.3 is 34.3 Å². The second kappa shape index (κ2) is 45.0. The fourth-order valence-electron chi connectivity index (χ4n) is 8.73. The first-order valence-corrected chi connectivity index (χ1v) is 28.8. The zero-order chi connectivity index (χ0) is 48.2. The summed E-state index contributed by atoms with van der Waals surface area (Å²) in [5.74, 6) is -0.394. The van der Waals surface area contributed by atoms with Crippen LogP contribution in [0.5, 0.6) is 0 Å². The molecule has 66 heavy (non-hydrogen) atoms. The van der Waals surface area contributed by atoms with Gasteiger partial charge in [0.1, 0.15) is 30.5 Å². The van der Waals surface area contributed by atoms with Crippen molar-refractivity contribution in [3.05, 3.63) is 12.2 Å². The summed E-state index contributed by atoms with van der Waals surface area (Å²) in [4.78, 5) is 12.9. The van der Waals surface area contributed by atoms with Gasteiger partial charge in [0.2, 0.25) is 0 Å². The van der Waals surface area contributed by atoms with Crippen LogP contribution in [0.1, 0.15) is 258 Å². The molecule has 0 bridgehead atoms. The maximum absolute atomic E-state index is 12.9. The van der Waals surface area contributed by atoms with Crippen LogP contribution in [-0.4, -0.2) is 97.5 Å². The number of hydrogen-bond acceptors (Lipinski definition) is 11. The van der Waals surface area contributed by atoms with Gasteiger partial charge in [-0.2, -0.15) is 8.42 Å². The Bertz CT molecular complexity index is 1200. The van der Waals surface area contributed by atoms with E-state index >= 15 is 0 Å². The predicted molar refractivity (Wildman–Crippen MR) is 267 cm³/mol. The number of aliphatic hydroxyl groups excluding tert-OH is 3. The lowest BCUT2D eigenvalue weighted by atomic mass is 9.99. The Morgan fingerprint density at radius 1 is 0.561 bits per heavy atom. The Kier molecular flexibility index (Phi) is 42.9. The second-order valence-corrected chi connectivity index (χ2v) is 20.2. The van der Waals surface area contributed by atoms with Crippen LogP contribution in [0, 0.1) is 0 Å². The van der Waals surface area contributed by atoms with Crippen LogP contribution in [0.25, 0.3) is 0 Å². The van der Waals surface area contributed by atoms with Crippen LogP contribution in [0.3, 0.4) is 0 Å². The number of unbranched alkanes of at least 4 members (excludes halogenated alkanes) is 34. The third-order valence-corrected chi connectivity index (χ3v) is 13.4. The van der Waals surface area contributed by atoms with Crippen molar-refractivity contribution >= 4 is 16.4 Å². The Labute approximate surface area is 404 Å². The van der Waals surface area contributed by atoms with Crippen LogP contribution in [0.4, 0.5) is 0 Å². The minimum absolute atomic E-state index is 0.0375. The van der Waals surface area contributed by atoms with Crippen molar-refractivity contribution in [1.82, 2.24) is 0 Å². The van der Waals surface area contributed by atoms with Gasteiger partial charge in [-0.05, 0) is 38.5 Å². The molecule has 0 saturated carbocycles. The summed E-state index contributed by atoms with van der Waals surface area (Å²) >= 11 is 0. The van der Waals surface area contributed by atoms with Gasteiger partial charge in [0.25, 0.3) is 0 Å². The van der Waals surface area contributed by atoms with E-state index in [0.717, 1.165) is 44.9 Å². The van der Waals surface area contributed by atoms with Gasteiger partial charge in [0, 0.05) is 13.0 Å². The molecule has 0 aromatic rings. The molecule has 1 aliphatic heterocycles. The first-order valence-electron chi connectivity index (χ1n) is 27.4. The average Bonchev–Trinajstić information content (AvgIpc) is 3.29. The quantitative estimate of drug-likeness (QED) is 0.0197. The van der Waals surface area contributed by atoms with Crippen LogP contribution in [0.2, 0.25) is 0 Å². The summed E-state index contributed by atoms with van der Waals surface area (Å²) in [5.41, 5.74) is 0. The molecule has 0 radical (unpaired) electrons. The van der Waals surface area contributed by atoms with E-state index in [1.54, 1.807) is 0 Å². The predicted octanol–water partition coefficient (Wildman–Crippen LogP) is 13.0. The highest BCUT2D eigenvalue weighted by Gasteiger charge is 2.48. The van der Waals surface area contributed by atoms with Crippen molar-refractivity contribution in [2.75, 3.05) is 26.4 Å². The van der Waals surface area contributed by atoms with Crippen molar-refractivity contribution in [2.24, 2.45) is 0 Å². The van der Waals surface area contributed by atoms with Crippen LogP contribution in [-0.2, 0) is 38.3 Å². The van der Waals surface area contributed by atoms with Crippen molar-refractivity contribution in [1.29, 1.82) is 0 Å². The molecule has 0 spiro atoms. The van der Waals surface area contributed by atoms with Gasteiger partial charge in [0.05, 0.1) is 19.8 Å². The summed E-state index contributed by atoms with van der Waals surface area (Å²) in [6, 6.07) is 0. The smallest absolute Gasteiger partial charge is 0.397 e.